The van der Waals surface area contributed by atoms with Crippen molar-refractivity contribution in [2.75, 3.05) is 26.7 Å². The van der Waals surface area contributed by atoms with Gasteiger partial charge in [-0.2, -0.15) is 0 Å². The normalized spacial score (nSPS) is 14.6. The molecule has 3 aromatic rings. The number of benzene rings is 1. The van der Waals surface area contributed by atoms with Gasteiger partial charge in [-0.15, -0.1) is 0 Å². The molecule has 0 saturated carbocycles. The molecule has 0 unspecified atom stereocenters. The summed E-state index contributed by atoms with van der Waals surface area (Å²) in [6.07, 6.45) is 4.47. The number of amides is 2. The van der Waals surface area contributed by atoms with Gasteiger partial charge >= 0.3 is 5.63 Å². The number of piperidine rings is 1. The summed E-state index contributed by atoms with van der Waals surface area (Å²) in [5.41, 5.74) is 0.117. The lowest BCUT2D eigenvalue weighted by atomic mass is 9.96. The van der Waals surface area contributed by atoms with Gasteiger partial charge in [0.05, 0.1) is 18.9 Å². The Bertz CT molecular complexity index is 1110. The van der Waals surface area contributed by atoms with Crippen LogP contribution >= 0.6 is 0 Å². The fraction of sp³-hybridized carbons (Fsp3) is 0.318. The molecule has 2 aromatic heterocycles. The maximum Gasteiger partial charge on any atom is 0.349 e. The second-order valence-electron chi connectivity index (χ2n) is 7.28. The monoisotopic (exact) mass is 410 g/mol. The number of hydrogen-bond acceptors (Lipinski definition) is 6. The third-order valence-corrected chi connectivity index (χ3v) is 5.41. The molecule has 0 aliphatic carbocycles. The minimum Gasteiger partial charge on any atom is -0.493 e. The molecule has 1 fully saturated rings. The van der Waals surface area contributed by atoms with Gasteiger partial charge in [-0.3, -0.25) is 9.59 Å². The van der Waals surface area contributed by atoms with E-state index in [0.29, 0.717) is 41.9 Å². The molecule has 1 aliphatic rings. The van der Waals surface area contributed by atoms with Crippen LogP contribution in [0.4, 0.5) is 0 Å². The predicted molar refractivity (Wildman–Crippen MR) is 109 cm³/mol. The van der Waals surface area contributed by atoms with Gasteiger partial charge in [-0.1, -0.05) is 12.1 Å². The SMILES string of the molecule is COc1cccc2cc(C(=O)NCC3CCN(C(=O)c4ccoc4)CC3)c(=O)oc12. The molecular formula is C22H22N2O6. The smallest absolute Gasteiger partial charge is 0.349 e. The van der Waals surface area contributed by atoms with Gasteiger partial charge < -0.3 is 23.8 Å². The first kappa shape index (κ1) is 19.8. The number of nitrogens with one attached hydrogen (secondary N) is 1. The first-order valence-corrected chi connectivity index (χ1v) is 9.77. The molecule has 0 radical (unpaired) electrons. The summed E-state index contributed by atoms with van der Waals surface area (Å²) in [6.45, 7) is 1.66. The maximum absolute atomic E-state index is 12.6. The minimum atomic E-state index is -0.704. The third-order valence-electron chi connectivity index (χ3n) is 5.41. The van der Waals surface area contributed by atoms with Crippen LogP contribution in [-0.2, 0) is 0 Å². The zero-order valence-electron chi connectivity index (χ0n) is 16.6. The second kappa shape index (κ2) is 8.44. The number of carbonyl (C=O) groups is 2. The van der Waals surface area contributed by atoms with E-state index < -0.39 is 11.5 Å². The van der Waals surface area contributed by atoms with Crippen LogP contribution in [0.25, 0.3) is 11.0 Å². The van der Waals surface area contributed by atoms with Crippen molar-refractivity contribution in [3.8, 4) is 5.75 Å². The molecule has 30 heavy (non-hydrogen) atoms. The van der Waals surface area contributed by atoms with Gasteiger partial charge in [0.15, 0.2) is 11.3 Å². The minimum absolute atomic E-state index is 0.0386. The molecule has 2 amide bonds. The summed E-state index contributed by atoms with van der Waals surface area (Å²) >= 11 is 0. The van der Waals surface area contributed by atoms with Crippen molar-refractivity contribution in [3.63, 3.8) is 0 Å². The highest BCUT2D eigenvalue weighted by Crippen LogP contribution is 2.24. The number of furan rings is 1. The van der Waals surface area contributed by atoms with Crippen molar-refractivity contribution < 1.29 is 23.2 Å². The molecule has 156 valence electrons. The average Bonchev–Trinajstić information content (AvgIpc) is 3.31. The van der Waals surface area contributed by atoms with Crippen molar-refractivity contribution in [2.24, 2.45) is 5.92 Å². The Labute approximate surface area is 172 Å². The molecular weight excluding hydrogens is 388 g/mol. The molecule has 0 spiro atoms. The number of ether oxygens (including phenoxy) is 1. The lowest BCUT2D eigenvalue weighted by molar-refractivity contribution is 0.0683. The number of nitrogens with zero attached hydrogens (tertiary/aromatic N) is 1. The molecule has 0 bridgehead atoms. The number of fused-ring (bicyclic) bond motifs is 1. The van der Waals surface area contributed by atoms with E-state index in [-0.39, 0.29) is 17.4 Å². The average molecular weight is 410 g/mol. The molecule has 8 heteroatoms. The highest BCUT2D eigenvalue weighted by Gasteiger charge is 2.25. The first-order valence-electron chi connectivity index (χ1n) is 9.77. The highest BCUT2D eigenvalue weighted by molar-refractivity contribution is 5.97. The van der Waals surface area contributed by atoms with Gasteiger partial charge in [-0.25, -0.2) is 4.79 Å². The quantitative estimate of drug-likeness (QED) is 0.649. The number of hydrogen-bond donors (Lipinski definition) is 1. The Morgan fingerprint density at radius 3 is 2.73 bits per heavy atom. The number of rotatable bonds is 5. The summed E-state index contributed by atoms with van der Waals surface area (Å²) < 4.78 is 15.5. The lowest BCUT2D eigenvalue weighted by Gasteiger charge is -2.31. The van der Waals surface area contributed by atoms with E-state index in [9.17, 15) is 14.4 Å². The second-order valence-corrected chi connectivity index (χ2v) is 7.28. The van der Waals surface area contributed by atoms with Crippen LogP contribution in [-0.4, -0.2) is 43.5 Å². The molecule has 1 saturated heterocycles. The summed E-state index contributed by atoms with van der Waals surface area (Å²) in [5, 5.41) is 3.44. The fourth-order valence-corrected chi connectivity index (χ4v) is 3.68. The number of para-hydroxylation sites is 1. The van der Waals surface area contributed by atoms with E-state index in [1.165, 1.54) is 25.7 Å². The summed E-state index contributed by atoms with van der Waals surface area (Å²) in [6, 6.07) is 8.38. The fourth-order valence-electron chi connectivity index (χ4n) is 3.68. The Kier molecular flexibility index (Phi) is 5.56. The van der Waals surface area contributed by atoms with Crippen LogP contribution in [0.1, 0.15) is 33.6 Å². The number of carbonyl (C=O) groups excluding carboxylic acids is 2. The van der Waals surface area contributed by atoms with Crippen LogP contribution in [0.3, 0.4) is 0 Å². The molecule has 8 nitrogen and oxygen atoms in total. The number of likely N-dealkylation sites (tertiary alicyclic amines) is 1. The summed E-state index contributed by atoms with van der Waals surface area (Å²) in [4.78, 5) is 39.0. The Balaban J connectivity index is 1.36. The van der Waals surface area contributed by atoms with Crippen molar-refractivity contribution in [3.05, 3.63) is 64.4 Å². The van der Waals surface area contributed by atoms with Crippen LogP contribution in [0.15, 0.2) is 56.5 Å². The molecule has 1 aliphatic heterocycles. The molecule has 0 atom stereocenters. The van der Waals surface area contributed by atoms with Gasteiger partial charge in [-0.05, 0) is 37.0 Å². The zero-order chi connectivity index (χ0) is 21.1. The van der Waals surface area contributed by atoms with Crippen molar-refractivity contribution in [2.45, 2.75) is 12.8 Å². The zero-order valence-corrected chi connectivity index (χ0v) is 16.6. The predicted octanol–water partition coefficient (Wildman–Crippen LogP) is 2.68. The summed E-state index contributed by atoms with van der Waals surface area (Å²) in [7, 11) is 1.49. The van der Waals surface area contributed by atoms with Crippen LogP contribution in [0.5, 0.6) is 5.75 Å². The highest BCUT2D eigenvalue weighted by atomic mass is 16.5. The van der Waals surface area contributed by atoms with Gasteiger partial charge in [0.1, 0.15) is 11.8 Å². The van der Waals surface area contributed by atoms with E-state index >= 15 is 0 Å². The molecule has 1 aromatic carbocycles. The van der Waals surface area contributed by atoms with Gasteiger partial charge in [0.25, 0.3) is 11.8 Å². The topological polar surface area (TPSA) is 102 Å². The van der Waals surface area contributed by atoms with E-state index in [1.54, 1.807) is 29.2 Å². The van der Waals surface area contributed by atoms with Crippen LogP contribution in [0.2, 0.25) is 0 Å². The van der Waals surface area contributed by atoms with E-state index in [2.05, 4.69) is 5.32 Å². The van der Waals surface area contributed by atoms with Crippen LogP contribution < -0.4 is 15.7 Å². The van der Waals surface area contributed by atoms with Crippen LogP contribution in [0, 0.1) is 5.92 Å². The van der Waals surface area contributed by atoms with E-state index in [1.807, 2.05) is 0 Å². The molecule has 1 N–H and O–H groups in total. The van der Waals surface area contributed by atoms with Crippen molar-refractivity contribution in [1.29, 1.82) is 0 Å². The van der Waals surface area contributed by atoms with E-state index in [0.717, 1.165) is 12.8 Å². The van der Waals surface area contributed by atoms with Crippen molar-refractivity contribution in [1.82, 2.24) is 10.2 Å². The maximum atomic E-state index is 12.6. The Morgan fingerprint density at radius 1 is 1.23 bits per heavy atom. The Hall–Kier alpha value is -3.55. The lowest BCUT2D eigenvalue weighted by Crippen LogP contribution is -2.41. The van der Waals surface area contributed by atoms with E-state index in [4.69, 9.17) is 13.6 Å². The largest absolute Gasteiger partial charge is 0.493 e. The molecule has 4 rings (SSSR count). The number of methoxy groups -OCH3 is 1. The summed E-state index contributed by atoms with van der Waals surface area (Å²) in [5.74, 6) is 0.157. The third kappa shape index (κ3) is 3.94. The first-order chi connectivity index (χ1) is 14.6. The van der Waals surface area contributed by atoms with Gasteiger partial charge in [0.2, 0.25) is 0 Å². The van der Waals surface area contributed by atoms with Crippen molar-refractivity contribution >= 4 is 22.8 Å². The molecule has 3 heterocycles. The van der Waals surface area contributed by atoms with Gasteiger partial charge in [0, 0.05) is 25.0 Å². The Morgan fingerprint density at radius 2 is 2.03 bits per heavy atom. The standard InChI is InChI=1S/C22H22N2O6/c1-28-18-4-2-3-15-11-17(22(27)30-19(15)18)20(25)23-12-14-5-8-24(9-6-14)21(26)16-7-10-29-13-16/h2-4,7,10-11,13-14H,5-6,8-9,12H2,1H3,(H,23,25).